The van der Waals surface area contributed by atoms with Crippen LogP contribution < -0.4 is 15.4 Å². The number of rotatable bonds is 4. The molecule has 0 aliphatic carbocycles. The van der Waals surface area contributed by atoms with Crippen LogP contribution in [0.4, 0.5) is 11.4 Å². The molecule has 132 valence electrons. The van der Waals surface area contributed by atoms with Gasteiger partial charge >= 0.3 is 0 Å². The predicted octanol–water partition coefficient (Wildman–Crippen LogP) is 2.11. The van der Waals surface area contributed by atoms with Gasteiger partial charge in [-0.15, -0.1) is 0 Å². The highest BCUT2D eigenvalue weighted by atomic mass is 32.2. The molecule has 0 fully saturated rings. The Morgan fingerprint density at radius 1 is 1.24 bits per heavy atom. The third kappa shape index (κ3) is 4.00. The summed E-state index contributed by atoms with van der Waals surface area (Å²) in [6.07, 6.45) is 2.00. The first kappa shape index (κ1) is 17.4. The van der Waals surface area contributed by atoms with Crippen LogP contribution in [0.3, 0.4) is 0 Å². The Balaban J connectivity index is 1.75. The molecule has 2 aromatic rings. The lowest BCUT2D eigenvalue weighted by molar-refractivity contribution is -0.115. The van der Waals surface area contributed by atoms with E-state index in [0.29, 0.717) is 5.69 Å². The van der Waals surface area contributed by atoms with Gasteiger partial charge in [-0.2, -0.15) is 0 Å². The molecule has 1 atom stereocenters. The summed E-state index contributed by atoms with van der Waals surface area (Å²) in [5, 5.41) is 7.88. The van der Waals surface area contributed by atoms with Gasteiger partial charge in [-0.3, -0.25) is 4.79 Å². The van der Waals surface area contributed by atoms with Crippen molar-refractivity contribution in [2.24, 2.45) is 5.14 Å². The van der Waals surface area contributed by atoms with Crippen molar-refractivity contribution in [3.8, 4) is 0 Å². The highest BCUT2D eigenvalue weighted by Gasteiger charge is 2.24. The first-order valence-corrected chi connectivity index (χ1v) is 9.66. The number of carbonyl (C=O) groups excluding carboxylic acids is 1. The quantitative estimate of drug-likeness (QED) is 0.874. The fourth-order valence-electron chi connectivity index (χ4n) is 3.11. The number of para-hydroxylation sites is 1. The fraction of sp³-hybridized carbons (Fsp3) is 0.278. The lowest BCUT2D eigenvalue weighted by atomic mass is 9.96. The summed E-state index contributed by atoms with van der Waals surface area (Å²) in [6.45, 7) is 2.31. The van der Waals surface area contributed by atoms with Crippen molar-refractivity contribution in [3.05, 3.63) is 54.1 Å². The molecule has 0 spiro atoms. The number of nitrogens with one attached hydrogen (secondary N) is 1. The maximum absolute atomic E-state index is 12.5. The number of hydrogen-bond donors (Lipinski definition) is 2. The van der Waals surface area contributed by atoms with Crippen molar-refractivity contribution in [2.45, 2.75) is 30.7 Å². The number of benzene rings is 2. The smallest absolute Gasteiger partial charge is 0.243 e. The molecule has 1 heterocycles. The third-order valence-electron chi connectivity index (χ3n) is 4.42. The molecule has 1 aliphatic rings. The first-order valence-electron chi connectivity index (χ1n) is 8.12. The zero-order chi connectivity index (χ0) is 18.0. The molecule has 1 aliphatic heterocycles. The molecular weight excluding hydrogens is 338 g/mol. The lowest BCUT2D eigenvalue weighted by Gasteiger charge is -2.36. The molecule has 1 amide bonds. The van der Waals surface area contributed by atoms with E-state index in [-0.39, 0.29) is 23.4 Å². The molecule has 25 heavy (non-hydrogen) atoms. The van der Waals surface area contributed by atoms with E-state index in [4.69, 9.17) is 5.14 Å². The van der Waals surface area contributed by atoms with Gasteiger partial charge in [-0.1, -0.05) is 24.3 Å². The molecule has 0 aromatic heterocycles. The second kappa shape index (κ2) is 6.85. The molecule has 0 saturated heterocycles. The zero-order valence-electron chi connectivity index (χ0n) is 14.0. The Kier molecular flexibility index (Phi) is 4.78. The van der Waals surface area contributed by atoms with E-state index in [0.717, 1.165) is 18.5 Å². The molecule has 0 radical (unpaired) electrons. The van der Waals surface area contributed by atoms with Crippen LogP contribution in [0.1, 0.15) is 18.9 Å². The van der Waals surface area contributed by atoms with Gasteiger partial charge < -0.3 is 10.2 Å². The summed E-state index contributed by atoms with van der Waals surface area (Å²) in [7, 11) is -3.80. The van der Waals surface area contributed by atoms with E-state index in [9.17, 15) is 13.2 Å². The largest absolute Gasteiger partial charge is 0.359 e. The summed E-state index contributed by atoms with van der Waals surface area (Å²) in [5.41, 5.74) is 2.73. The van der Waals surface area contributed by atoms with Gasteiger partial charge in [0.25, 0.3) is 0 Å². The van der Waals surface area contributed by atoms with Crippen LogP contribution in [0.15, 0.2) is 53.4 Å². The Labute approximate surface area is 147 Å². The average Bonchev–Trinajstić information content (AvgIpc) is 2.57. The van der Waals surface area contributed by atoms with Crippen molar-refractivity contribution in [3.63, 3.8) is 0 Å². The Morgan fingerprint density at radius 3 is 2.76 bits per heavy atom. The fourth-order valence-corrected chi connectivity index (χ4v) is 3.67. The van der Waals surface area contributed by atoms with Crippen molar-refractivity contribution >= 4 is 27.3 Å². The van der Waals surface area contributed by atoms with Crippen LogP contribution >= 0.6 is 0 Å². The van der Waals surface area contributed by atoms with E-state index in [1.165, 1.54) is 17.7 Å². The summed E-state index contributed by atoms with van der Waals surface area (Å²) >= 11 is 0. The summed E-state index contributed by atoms with van der Waals surface area (Å²) in [4.78, 5) is 14.5. The maximum Gasteiger partial charge on any atom is 0.243 e. The van der Waals surface area contributed by atoms with Crippen molar-refractivity contribution in [1.29, 1.82) is 0 Å². The number of sulfonamides is 1. The van der Waals surface area contributed by atoms with Gasteiger partial charge in [0.2, 0.25) is 15.9 Å². The number of aryl methyl sites for hydroxylation is 1. The number of amides is 1. The van der Waals surface area contributed by atoms with Crippen LogP contribution in [0, 0.1) is 0 Å². The second-order valence-corrected chi connectivity index (χ2v) is 7.83. The molecule has 1 unspecified atom stereocenters. The van der Waals surface area contributed by atoms with E-state index >= 15 is 0 Å². The minimum absolute atomic E-state index is 0.0259. The van der Waals surface area contributed by atoms with Crippen molar-refractivity contribution < 1.29 is 13.2 Å². The molecule has 3 rings (SSSR count). The maximum atomic E-state index is 12.5. The van der Waals surface area contributed by atoms with Gasteiger partial charge in [-0.05, 0) is 49.6 Å². The average molecular weight is 359 g/mol. The van der Waals surface area contributed by atoms with E-state index in [1.54, 1.807) is 12.1 Å². The van der Waals surface area contributed by atoms with Gasteiger partial charge in [0.1, 0.15) is 0 Å². The number of nitrogens with zero attached hydrogens (tertiary/aromatic N) is 1. The number of carbonyl (C=O) groups is 1. The number of anilines is 2. The molecule has 0 bridgehead atoms. The minimum atomic E-state index is -3.80. The van der Waals surface area contributed by atoms with Gasteiger partial charge in [0.05, 0.1) is 11.4 Å². The van der Waals surface area contributed by atoms with Crippen molar-refractivity contribution in [1.82, 2.24) is 0 Å². The van der Waals surface area contributed by atoms with Gasteiger partial charge in [0, 0.05) is 17.4 Å². The summed E-state index contributed by atoms with van der Waals surface area (Å²) < 4.78 is 22.8. The predicted molar refractivity (Wildman–Crippen MR) is 98.0 cm³/mol. The van der Waals surface area contributed by atoms with Gasteiger partial charge in [0.15, 0.2) is 0 Å². The Morgan fingerprint density at radius 2 is 2.00 bits per heavy atom. The molecule has 2 aromatic carbocycles. The first-order chi connectivity index (χ1) is 11.8. The van der Waals surface area contributed by atoms with Crippen LogP contribution in [-0.4, -0.2) is 26.9 Å². The monoisotopic (exact) mass is 359 g/mol. The SMILES string of the molecule is CC1CCc2ccccc2N1CC(=O)Nc1cccc(S(N)(=O)=O)c1. The third-order valence-corrected chi connectivity index (χ3v) is 5.34. The van der Waals surface area contributed by atoms with Crippen LogP contribution in [0.2, 0.25) is 0 Å². The Bertz CT molecular complexity index is 896. The molecule has 6 nitrogen and oxygen atoms in total. The van der Waals surface area contributed by atoms with E-state index < -0.39 is 10.0 Å². The zero-order valence-corrected chi connectivity index (χ0v) is 14.8. The van der Waals surface area contributed by atoms with E-state index in [2.05, 4.69) is 23.2 Å². The summed E-state index contributed by atoms with van der Waals surface area (Å²) in [6, 6.07) is 14.3. The Hall–Kier alpha value is -2.38. The molecule has 3 N–H and O–H groups in total. The molecular formula is C18H21N3O3S. The van der Waals surface area contributed by atoms with E-state index in [1.807, 2.05) is 18.2 Å². The summed E-state index contributed by atoms with van der Waals surface area (Å²) in [5.74, 6) is -0.199. The number of nitrogens with two attached hydrogens (primary N) is 1. The lowest BCUT2D eigenvalue weighted by Crippen LogP contribution is -2.42. The highest BCUT2D eigenvalue weighted by molar-refractivity contribution is 7.89. The van der Waals surface area contributed by atoms with Crippen LogP contribution in [-0.2, 0) is 21.2 Å². The van der Waals surface area contributed by atoms with Crippen LogP contribution in [0.5, 0.6) is 0 Å². The normalized spacial score (nSPS) is 17.0. The number of fused-ring (bicyclic) bond motifs is 1. The minimum Gasteiger partial charge on any atom is -0.359 e. The van der Waals surface area contributed by atoms with Gasteiger partial charge in [-0.25, -0.2) is 13.6 Å². The van der Waals surface area contributed by atoms with Crippen molar-refractivity contribution in [2.75, 3.05) is 16.8 Å². The van der Waals surface area contributed by atoms with Crippen LogP contribution in [0.25, 0.3) is 0 Å². The number of hydrogen-bond acceptors (Lipinski definition) is 4. The number of primary sulfonamides is 1. The highest BCUT2D eigenvalue weighted by Crippen LogP contribution is 2.30. The standard InChI is InChI=1S/C18H21N3O3S/c1-13-9-10-14-5-2-3-8-17(14)21(13)12-18(22)20-15-6-4-7-16(11-15)25(19,23)24/h2-8,11,13H,9-10,12H2,1H3,(H,20,22)(H2,19,23,24). The second-order valence-electron chi connectivity index (χ2n) is 6.27. The topological polar surface area (TPSA) is 92.5 Å². The molecule has 7 heteroatoms. The molecule has 0 saturated carbocycles.